The van der Waals surface area contributed by atoms with Gasteiger partial charge in [-0.25, -0.2) is 9.67 Å². The first-order valence-electron chi connectivity index (χ1n) is 5.84. The van der Waals surface area contributed by atoms with Crippen LogP contribution in [0.25, 0.3) is 0 Å². The summed E-state index contributed by atoms with van der Waals surface area (Å²) >= 11 is 0. The number of nitrogens with one attached hydrogen (secondary N) is 1. The molecule has 96 valence electrons. The third-order valence-electron chi connectivity index (χ3n) is 2.55. The molecule has 0 atom stereocenters. The molecule has 0 aliphatic heterocycles. The minimum absolute atomic E-state index is 0.154. The average molecular weight is 248 g/mol. The molecule has 2 heterocycles. The van der Waals surface area contributed by atoms with Crippen molar-refractivity contribution in [2.75, 3.05) is 11.9 Å². The molecule has 0 aliphatic rings. The maximum Gasteiger partial charge on any atom is 0.269 e. The van der Waals surface area contributed by atoms with Gasteiger partial charge in [0.2, 0.25) is 0 Å². The van der Waals surface area contributed by atoms with Gasteiger partial charge in [0.05, 0.1) is 11.9 Å². The van der Waals surface area contributed by atoms with Crippen LogP contribution in [0.2, 0.25) is 0 Å². The molecule has 0 saturated carbocycles. The molecule has 0 radical (unpaired) electrons. The van der Waals surface area contributed by atoms with E-state index in [-0.39, 0.29) is 5.56 Å². The van der Waals surface area contributed by atoms with Crippen molar-refractivity contribution in [1.29, 1.82) is 0 Å². The molecule has 1 N–H and O–H groups in total. The Bertz CT molecular complexity index is 573. The SMILES string of the molecule is CCCNc1cnn(Cc2ncnn2C)c(=O)c1. The van der Waals surface area contributed by atoms with Gasteiger partial charge in [-0.15, -0.1) is 0 Å². The third kappa shape index (κ3) is 2.73. The highest BCUT2D eigenvalue weighted by molar-refractivity contribution is 5.38. The van der Waals surface area contributed by atoms with E-state index in [0.29, 0.717) is 12.4 Å². The van der Waals surface area contributed by atoms with E-state index < -0.39 is 0 Å². The van der Waals surface area contributed by atoms with Gasteiger partial charge in [0, 0.05) is 19.7 Å². The van der Waals surface area contributed by atoms with E-state index >= 15 is 0 Å². The molecule has 7 heteroatoms. The van der Waals surface area contributed by atoms with Crippen LogP contribution in [0.4, 0.5) is 5.69 Å². The molecule has 0 aliphatic carbocycles. The van der Waals surface area contributed by atoms with Crippen molar-refractivity contribution in [1.82, 2.24) is 24.5 Å². The molecule has 2 aromatic rings. The lowest BCUT2D eigenvalue weighted by Gasteiger charge is -2.06. The van der Waals surface area contributed by atoms with Gasteiger partial charge < -0.3 is 5.32 Å². The van der Waals surface area contributed by atoms with Crippen LogP contribution < -0.4 is 10.9 Å². The Hall–Kier alpha value is -2.18. The summed E-state index contributed by atoms with van der Waals surface area (Å²) in [4.78, 5) is 15.9. The first-order chi connectivity index (χ1) is 8.70. The summed E-state index contributed by atoms with van der Waals surface area (Å²) in [6.45, 7) is 3.22. The summed E-state index contributed by atoms with van der Waals surface area (Å²) in [5, 5.41) is 11.2. The van der Waals surface area contributed by atoms with Crippen LogP contribution in [0.3, 0.4) is 0 Å². The normalized spacial score (nSPS) is 10.6. The second-order valence-electron chi connectivity index (χ2n) is 3.97. The smallest absolute Gasteiger partial charge is 0.269 e. The summed E-state index contributed by atoms with van der Waals surface area (Å²) in [6.07, 6.45) is 4.10. The van der Waals surface area contributed by atoms with E-state index in [0.717, 1.165) is 18.7 Å². The number of hydrogen-bond donors (Lipinski definition) is 1. The van der Waals surface area contributed by atoms with E-state index in [4.69, 9.17) is 0 Å². The minimum Gasteiger partial charge on any atom is -0.384 e. The second-order valence-corrected chi connectivity index (χ2v) is 3.97. The van der Waals surface area contributed by atoms with E-state index in [9.17, 15) is 4.79 Å². The average Bonchev–Trinajstić information content (AvgIpc) is 2.75. The number of aromatic nitrogens is 5. The molecule has 0 bridgehead atoms. The lowest BCUT2D eigenvalue weighted by molar-refractivity contribution is 0.581. The third-order valence-corrected chi connectivity index (χ3v) is 2.55. The fraction of sp³-hybridized carbons (Fsp3) is 0.455. The summed E-state index contributed by atoms with van der Waals surface area (Å²) in [5.41, 5.74) is 0.593. The van der Waals surface area contributed by atoms with Crippen molar-refractivity contribution >= 4 is 5.69 Å². The van der Waals surface area contributed by atoms with Gasteiger partial charge in [-0.1, -0.05) is 6.92 Å². The molecule has 0 saturated heterocycles. The van der Waals surface area contributed by atoms with Gasteiger partial charge >= 0.3 is 0 Å². The topological polar surface area (TPSA) is 77.6 Å². The van der Waals surface area contributed by atoms with E-state index in [1.165, 1.54) is 11.0 Å². The molecule has 2 rings (SSSR count). The van der Waals surface area contributed by atoms with Gasteiger partial charge in [0.1, 0.15) is 18.7 Å². The van der Waals surface area contributed by atoms with Crippen LogP contribution in [0.5, 0.6) is 0 Å². The van der Waals surface area contributed by atoms with Gasteiger partial charge in [0.15, 0.2) is 0 Å². The predicted molar refractivity (Wildman–Crippen MR) is 67.4 cm³/mol. The molecule has 7 nitrogen and oxygen atoms in total. The Morgan fingerprint density at radius 3 is 2.83 bits per heavy atom. The Morgan fingerprint density at radius 2 is 2.22 bits per heavy atom. The highest BCUT2D eigenvalue weighted by atomic mass is 16.1. The van der Waals surface area contributed by atoms with Crippen molar-refractivity contribution in [3.63, 3.8) is 0 Å². The van der Waals surface area contributed by atoms with Gasteiger partial charge in [-0.2, -0.15) is 10.2 Å². The number of rotatable bonds is 5. The fourth-order valence-electron chi connectivity index (χ4n) is 1.52. The first-order valence-corrected chi connectivity index (χ1v) is 5.84. The summed E-state index contributed by atoms with van der Waals surface area (Å²) in [7, 11) is 1.78. The highest BCUT2D eigenvalue weighted by Gasteiger charge is 2.05. The Balaban J connectivity index is 2.15. The standard InChI is InChI=1S/C11H16N6O/c1-3-4-12-9-5-11(18)17(14-6-9)7-10-13-8-15-16(10)2/h5-6,8,12H,3-4,7H2,1-2H3. The number of hydrogen-bond acceptors (Lipinski definition) is 5. The minimum atomic E-state index is -0.154. The van der Waals surface area contributed by atoms with Crippen LogP contribution in [-0.2, 0) is 13.6 Å². The molecule has 0 fully saturated rings. The van der Waals surface area contributed by atoms with E-state index in [1.807, 2.05) is 0 Å². The van der Waals surface area contributed by atoms with Crippen molar-refractivity contribution in [2.24, 2.45) is 7.05 Å². The quantitative estimate of drug-likeness (QED) is 0.820. The Morgan fingerprint density at radius 1 is 1.39 bits per heavy atom. The number of aryl methyl sites for hydroxylation is 1. The van der Waals surface area contributed by atoms with E-state index in [2.05, 4.69) is 27.4 Å². The predicted octanol–water partition coefficient (Wildman–Crippen LogP) is 0.242. The first kappa shape index (κ1) is 12.3. The van der Waals surface area contributed by atoms with Gasteiger partial charge in [0.25, 0.3) is 5.56 Å². The molecule has 2 aromatic heterocycles. The summed E-state index contributed by atoms with van der Waals surface area (Å²) < 4.78 is 2.98. The monoisotopic (exact) mass is 248 g/mol. The van der Waals surface area contributed by atoms with Gasteiger partial charge in [-0.3, -0.25) is 9.48 Å². The van der Waals surface area contributed by atoms with Crippen LogP contribution in [0.15, 0.2) is 23.4 Å². The zero-order chi connectivity index (χ0) is 13.0. The molecule has 0 unspecified atom stereocenters. The maximum atomic E-state index is 11.8. The zero-order valence-electron chi connectivity index (χ0n) is 10.5. The molecule has 0 aromatic carbocycles. The second kappa shape index (κ2) is 5.44. The molecule has 0 spiro atoms. The molecule has 0 amide bonds. The number of nitrogens with zero attached hydrogens (tertiary/aromatic N) is 5. The van der Waals surface area contributed by atoms with Crippen molar-refractivity contribution in [2.45, 2.75) is 19.9 Å². The van der Waals surface area contributed by atoms with Crippen LogP contribution in [0, 0.1) is 0 Å². The zero-order valence-corrected chi connectivity index (χ0v) is 10.5. The van der Waals surface area contributed by atoms with E-state index in [1.54, 1.807) is 24.0 Å². The van der Waals surface area contributed by atoms with Crippen LogP contribution in [-0.4, -0.2) is 31.1 Å². The van der Waals surface area contributed by atoms with Crippen molar-refractivity contribution in [3.8, 4) is 0 Å². The van der Waals surface area contributed by atoms with Crippen LogP contribution >= 0.6 is 0 Å². The highest BCUT2D eigenvalue weighted by Crippen LogP contribution is 2.00. The lowest BCUT2D eigenvalue weighted by atomic mass is 10.4. The largest absolute Gasteiger partial charge is 0.384 e. The molecular weight excluding hydrogens is 232 g/mol. The summed E-state index contributed by atoms with van der Waals surface area (Å²) in [5.74, 6) is 0.693. The van der Waals surface area contributed by atoms with Crippen molar-refractivity contribution < 1.29 is 0 Å². The Labute approximate surface area is 104 Å². The lowest BCUT2D eigenvalue weighted by Crippen LogP contribution is -2.24. The summed E-state index contributed by atoms with van der Waals surface area (Å²) in [6, 6.07) is 1.54. The van der Waals surface area contributed by atoms with Gasteiger partial charge in [-0.05, 0) is 6.42 Å². The maximum absolute atomic E-state index is 11.8. The Kier molecular flexibility index (Phi) is 3.71. The molecule has 18 heavy (non-hydrogen) atoms. The number of anilines is 1. The van der Waals surface area contributed by atoms with Crippen LogP contribution in [0.1, 0.15) is 19.2 Å². The molecular formula is C11H16N6O. The fourth-order valence-corrected chi connectivity index (χ4v) is 1.52. The van der Waals surface area contributed by atoms with Crippen molar-refractivity contribution in [3.05, 3.63) is 34.8 Å².